The second-order valence-electron chi connectivity index (χ2n) is 8.01. The Kier molecular flexibility index (Phi) is 10.6. The summed E-state index contributed by atoms with van der Waals surface area (Å²) in [5, 5.41) is 12.8. The van der Waals surface area contributed by atoms with Crippen LogP contribution < -0.4 is 34.9 Å². The molecule has 3 atom stereocenters. The fourth-order valence-electron chi connectivity index (χ4n) is 4.06. The Morgan fingerprint density at radius 3 is 2.39 bits per heavy atom. The van der Waals surface area contributed by atoms with Crippen molar-refractivity contribution in [3.05, 3.63) is 71.3 Å². The molecular formula is C25H31N2NaO5. The quantitative estimate of drug-likeness (QED) is 0.392. The second-order valence-corrected chi connectivity index (χ2v) is 8.01. The van der Waals surface area contributed by atoms with E-state index in [4.69, 9.17) is 4.74 Å². The molecule has 8 heteroatoms. The molecule has 0 unspecified atom stereocenters. The van der Waals surface area contributed by atoms with Gasteiger partial charge in [0.25, 0.3) is 0 Å². The van der Waals surface area contributed by atoms with E-state index in [9.17, 15) is 19.5 Å². The predicted octanol–water partition coefficient (Wildman–Crippen LogP) is -0.316. The van der Waals surface area contributed by atoms with Crippen LogP contribution in [0.15, 0.2) is 54.6 Å². The smallest absolute Gasteiger partial charge is 1.00 e. The number of esters is 1. The van der Waals surface area contributed by atoms with Gasteiger partial charge < -0.3 is 16.2 Å². The molecule has 3 rings (SSSR count). The Labute approximate surface area is 218 Å². The molecule has 0 bridgehead atoms. The van der Waals surface area contributed by atoms with Crippen LogP contribution in [-0.2, 0) is 38.5 Å². The molecule has 0 saturated heterocycles. The van der Waals surface area contributed by atoms with Gasteiger partial charge in [-0.3, -0.25) is 14.9 Å². The first kappa shape index (κ1) is 27.1. The molecule has 0 spiro atoms. The van der Waals surface area contributed by atoms with Crippen LogP contribution in [0.5, 0.6) is 0 Å². The SMILES string of the molecule is CCOC(=O)[C@H](CCc1ccccc1)N[C@@H](C)C(=O)N1Cc2ccccc2C[C@H]1C(=O)O.[H-].[Na+]. The number of hydrogen-bond acceptors (Lipinski definition) is 5. The molecule has 1 aliphatic rings. The first-order valence-corrected chi connectivity index (χ1v) is 11.0. The largest absolute Gasteiger partial charge is 1.00 e. The van der Waals surface area contributed by atoms with Crippen LogP contribution in [0.2, 0.25) is 0 Å². The summed E-state index contributed by atoms with van der Waals surface area (Å²) in [6, 6.07) is 15.0. The van der Waals surface area contributed by atoms with Gasteiger partial charge in [-0.2, -0.15) is 0 Å². The average molecular weight is 463 g/mol. The number of aliphatic carboxylic acids is 1. The second kappa shape index (κ2) is 12.9. The van der Waals surface area contributed by atoms with Crippen LogP contribution in [0.4, 0.5) is 0 Å². The maximum Gasteiger partial charge on any atom is 1.00 e. The van der Waals surface area contributed by atoms with Crippen molar-refractivity contribution in [1.82, 2.24) is 10.2 Å². The van der Waals surface area contributed by atoms with Crippen LogP contribution in [-0.4, -0.2) is 52.6 Å². The molecule has 0 radical (unpaired) electrons. The molecule has 2 N–H and O–H groups in total. The topological polar surface area (TPSA) is 95.9 Å². The molecule has 1 amide bonds. The molecule has 172 valence electrons. The van der Waals surface area contributed by atoms with E-state index in [1.165, 1.54) is 4.90 Å². The zero-order valence-corrected chi connectivity index (χ0v) is 21.5. The number of rotatable bonds is 9. The fourth-order valence-corrected chi connectivity index (χ4v) is 4.06. The normalized spacial score (nSPS) is 16.7. The summed E-state index contributed by atoms with van der Waals surface area (Å²) in [6.07, 6.45) is 1.37. The van der Waals surface area contributed by atoms with Crippen molar-refractivity contribution in [2.24, 2.45) is 0 Å². The maximum atomic E-state index is 13.3. The zero-order valence-electron chi connectivity index (χ0n) is 20.5. The Balaban J connectivity index is 0.00000289. The van der Waals surface area contributed by atoms with E-state index < -0.39 is 30.1 Å². The summed E-state index contributed by atoms with van der Waals surface area (Å²) in [7, 11) is 0. The first-order chi connectivity index (χ1) is 15.4. The predicted molar refractivity (Wildman–Crippen MR) is 121 cm³/mol. The van der Waals surface area contributed by atoms with Crippen molar-refractivity contribution in [2.75, 3.05) is 6.61 Å². The number of carbonyl (C=O) groups excluding carboxylic acids is 2. The Bertz CT molecular complexity index is 959. The number of ether oxygens (including phenoxy) is 1. The van der Waals surface area contributed by atoms with E-state index in [0.29, 0.717) is 12.8 Å². The van der Waals surface area contributed by atoms with E-state index in [2.05, 4.69) is 5.32 Å². The van der Waals surface area contributed by atoms with Gasteiger partial charge >= 0.3 is 41.5 Å². The first-order valence-electron chi connectivity index (χ1n) is 11.0. The number of amides is 1. The van der Waals surface area contributed by atoms with Crippen LogP contribution in [0.25, 0.3) is 0 Å². The van der Waals surface area contributed by atoms with Gasteiger partial charge in [0.05, 0.1) is 12.6 Å². The molecular weight excluding hydrogens is 431 g/mol. The Hall–Kier alpha value is -2.19. The Morgan fingerprint density at radius 2 is 1.76 bits per heavy atom. The fraction of sp³-hybridized carbons (Fsp3) is 0.400. The van der Waals surface area contributed by atoms with Gasteiger partial charge in [-0.1, -0.05) is 54.6 Å². The van der Waals surface area contributed by atoms with E-state index in [1.807, 2.05) is 54.6 Å². The van der Waals surface area contributed by atoms with Gasteiger partial charge in [0, 0.05) is 13.0 Å². The van der Waals surface area contributed by atoms with Crippen molar-refractivity contribution in [2.45, 2.75) is 57.8 Å². The van der Waals surface area contributed by atoms with Crippen LogP contribution >= 0.6 is 0 Å². The number of benzene rings is 2. The number of hydrogen-bond donors (Lipinski definition) is 2. The minimum Gasteiger partial charge on any atom is -1.00 e. The molecule has 1 aliphatic heterocycles. The molecule has 0 saturated carbocycles. The van der Waals surface area contributed by atoms with E-state index in [-0.39, 0.29) is 56.5 Å². The van der Waals surface area contributed by atoms with Crippen molar-refractivity contribution >= 4 is 17.8 Å². The van der Waals surface area contributed by atoms with Gasteiger partial charge in [-0.15, -0.1) is 0 Å². The van der Waals surface area contributed by atoms with Gasteiger partial charge in [-0.05, 0) is 43.4 Å². The zero-order chi connectivity index (χ0) is 23.1. The van der Waals surface area contributed by atoms with Crippen LogP contribution in [0.3, 0.4) is 0 Å². The Morgan fingerprint density at radius 1 is 1.12 bits per heavy atom. The number of carboxylic acid groups (broad SMARTS) is 1. The van der Waals surface area contributed by atoms with Crippen molar-refractivity contribution in [3.8, 4) is 0 Å². The molecule has 7 nitrogen and oxygen atoms in total. The van der Waals surface area contributed by atoms with Gasteiger partial charge in [0.15, 0.2) is 0 Å². The van der Waals surface area contributed by atoms with Gasteiger partial charge in [0.2, 0.25) is 5.91 Å². The molecule has 0 aliphatic carbocycles. The van der Waals surface area contributed by atoms with Crippen LogP contribution in [0.1, 0.15) is 38.4 Å². The van der Waals surface area contributed by atoms with Crippen molar-refractivity contribution < 1.29 is 55.2 Å². The molecule has 2 aromatic carbocycles. The van der Waals surface area contributed by atoms with Crippen molar-refractivity contribution in [1.29, 1.82) is 0 Å². The molecule has 0 aromatic heterocycles. The summed E-state index contributed by atoms with van der Waals surface area (Å²) in [6.45, 7) is 3.88. The number of aryl methyl sites for hydroxylation is 1. The average Bonchev–Trinajstić information content (AvgIpc) is 2.80. The summed E-state index contributed by atoms with van der Waals surface area (Å²) >= 11 is 0. The number of nitrogens with one attached hydrogen (secondary N) is 1. The van der Waals surface area contributed by atoms with E-state index in [0.717, 1.165) is 16.7 Å². The molecule has 2 aromatic rings. The summed E-state index contributed by atoms with van der Waals surface area (Å²) in [5.74, 6) is -1.80. The van der Waals surface area contributed by atoms with Crippen molar-refractivity contribution in [3.63, 3.8) is 0 Å². The minimum absolute atomic E-state index is 0. The third-order valence-electron chi connectivity index (χ3n) is 5.77. The van der Waals surface area contributed by atoms with E-state index in [1.54, 1.807) is 13.8 Å². The van der Waals surface area contributed by atoms with Crippen LogP contribution in [0, 0.1) is 0 Å². The third-order valence-corrected chi connectivity index (χ3v) is 5.77. The number of nitrogens with zero attached hydrogens (tertiary/aromatic N) is 1. The number of fused-ring (bicyclic) bond motifs is 1. The number of carbonyl (C=O) groups is 3. The third kappa shape index (κ3) is 7.14. The minimum atomic E-state index is -1.04. The monoisotopic (exact) mass is 462 g/mol. The summed E-state index contributed by atoms with van der Waals surface area (Å²) < 4.78 is 5.20. The maximum absolute atomic E-state index is 13.3. The number of carboxylic acids is 1. The molecule has 1 heterocycles. The summed E-state index contributed by atoms with van der Waals surface area (Å²) in [5.41, 5.74) is 2.97. The van der Waals surface area contributed by atoms with Gasteiger partial charge in [0.1, 0.15) is 12.1 Å². The summed E-state index contributed by atoms with van der Waals surface area (Å²) in [4.78, 5) is 39.1. The molecule has 0 fully saturated rings. The van der Waals surface area contributed by atoms with Gasteiger partial charge in [-0.25, -0.2) is 4.79 Å². The standard InChI is InChI=1S/C25H30N2O5.Na.H/c1-3-32-25(31)21(14-13-18-9-5-4-6-10-18)26-17(2)23(28)27-16-20-12-8-7-11-19(20)15-22(27)24(29)30;;/h4-12,17,21-22,26H,3,13-16H2,1-2H3,(H,29,30);;/q;+1;-1/t17-,21-,22-;;/m0../s1. The molecule has 33 heavy (non-hydrogen) atoms. The van der Waals surface area contributed by atoms with E-state index >= 15 is 0 Å².